The highest BCUT2D eigenvalue weighted by Gasteiger charge is 2.26. The first-order valence-electron chi connectivity index (χ1n) is 11.3. The minimum absolute atomic E-state index is 0.294. The van der Waals surface area contributed by atoms with E-state index in [-0.39, 0.29) is 0 Å². The van der Waals surface area contributed by atoms with Gasteiger partial charge in [-0.05, 0) is 73.8 Å². The summed E-state index contributed by atoms with van der Waals surface area (Å²) < 4.78 is 5.97. The number of piperidine rings is 1. The monoisotopic (exact) mass is 439 g/mol. The lowest BCUT2D eigenvalue weighted by atomic mass is 10.1. The predicted molar refractivity (Wildman–Crippen MR) is 133 cm³/mol. The van der Waals surface area contributed by atoms with Crippen molar-refractivity contribution in [3.63, 3.8) is 0 Å². The number of hydrogen-bond acceptors (Lipinski definition) is 5. The molecule has 168 valence electrons. The van der Waals surface area contributed by atoms with E-state index in [0.717, 1.165) is 61.7 Å². The van der Waals surface area contributed by atoms with E-state index in [2.05, 4.69) is 50.5 Å². The van der Waals surface area contributed by atoms with Crippen molar-refractivity contribution in [1.82, 2.24) is 10.2 Å². The minimum atomic E-state index is 0.294. The summed E-state index contributed by atoms with van der Waals surface area (Å²) in [5, 5.41) is 12.3. The van der Waals surface area contributed by atoms with E-state index in [1.54, 1.807) is 18.5 Å². The lowest BCUT2D eigenvalue weighted by molar-refractivity contribution is 0.0890. The smallest absolute Gasteiger partial charge is 0.124 e. The van der Waals surface area contributed by atoms with Crippen molar-refractivity contribution in [3.05, 3.63) is 88.9 Å². The number of rotatable bonds is 8. The third-order valence-corrected chi connectivity index (χ3v) is 5.54. The van der Waals surface area contributed by atoms with Gasteiger partial charge in [-0.1, -0.05) is 30.3 Å². The maximum absolute atomic E-state index is 8.99. The van der Waals surface area contributed by atoms with E-state index >= 15 is 0 Å². The highest BCUT2D eigenvalue weighted by atomic mass is 16.5. The van der Waals surface area contributed by atoms with Crippen LogP contribution in [0, 0.1) is 11.3 Å². The lowest BCUT2D eigenvalue weighted by Crippen LogP contribution is -2.32. The molecule has 2 aromatic rings. The fraction of sp³-hybridized carbons (Fsp3) is 0.296. The van der Waals surface area contributed by atoms with Gasteiger partial charge < -0.3 is 15.0 Å². The number of aliphatic imine (C=N–C) groups is 2. The third kappa shape index (κ3) is 7.16. The Morgan fingerprint density at radius 3 is 2.85 bits per heavy atom. The second-order valence-corrected chi connectivity index (χ2v) is 8.28. The summed E-state index contributed by atoms with van der Waals surface area (Å²) in [7, 11) is 0. The molecule has 33 heavy (non-hydrogen) atoms. The molecule has 2 heterocycles. The molecule has 4 rings (SSSR count). The van der Waals surface area contributed by atoms with Crippen molar-refractivity contribution in [1.29, 1.82) is 5.26 Å². The summed E-state index contributed by atoms with van der Waals surface area (Å²) in [6.45, 7) is 5.70. The van der Waals surface area contributed by atoms with Gasteiger partial charge in [0.05, 0.1) is 24.4 Å². The topological polar surface area (TPSA) is 72.8 Å². The van der Waals surface area contributed by atoms with Gasteiger partial charge in [0.2, 0.25) is 0 Å². The van der Waals surface area contributed by atoms with Crippen LogP contribution in [0.3, 0.4) is 0 Å². The van der Waals surface area contributed by atoms with Gasteiger partial charge in [-0.2, -0.15) is 5.26 Å². The molecule has 6 nitrogen and oxygen atoms in total. The predicted octanol–water partition coefficient (Wildman–Crippen LogP) is 4.49. The third-order valence-electron chi connectivity index (χ3n) is 5.54. The number of benzene rings is 2. The average Bonchev–Trinajstić information content (AvgIpc) is 3.57. The molecule has 0 aromatic heterocycles. The maximum atomic E-state index is 8.99. The van der Waals surface area contributed by atoms with Crippen LogP contribution >= 0.6 is 0 Å². The van der Waals surface area contributed by atoms with Crippen molar-refractivity contribution in [2.45, 2.75) is 32.4 Å². The SMILES string of the molecule is C/C(=C\N=Cc1cccc(CN2CC2=N/C=C/c2cccc(C#N)c2)c1)OC1CCNCC1. The molecular formula is C27H29N5O. The van der Waals surface area contributed by atoms with Crippen molar-refractivity contribution >= 4 is 18.1 Å². The van der Waals surface area contributed by atoms with Gasteiger partial charge in [-0.25, -0.2) is 4.99 Å². The fourth-order valence-corrected chi connectivity index (χ4v) is 3.75. The van der Waals surface area contributed by atoms with Crippen molar-refractivity contribution < 1.29 is 4.74 Å². The fourth-order valence-electron chi connectivity index (χ4n) is 3.75. The van der Waals surface area contributed by atoms with E-state index in [9.17, 15) is 0 Å². The molecule has 0 unspecified atom stereocenters. The standard InChI is InChI=1S/C27H29N5O/c1-21(33-26-9-11-29-12-10-26)17-30-18-24-6-3-7-25(15-24)19-32-20-27(32)31-13-8-22-4-2-5-23(14-22)16-28/h2-8,13-15,17-18,26,29H,9-12,19-20H2,1H3/b13-8+,21-17+,30-18?,31-27?. The summed E-state index contributed by atoms with van der Waals surface area (Å²) in [5.74, 6) is 1.92. The molecule has 0 aliphatic carbocycles. The molecule has 6 heteroatoms. The Bertz CT molecular complexity index is 1120. The van der Waals surface area contributed by atoms with Crippen LogP contribution in [-0.2, 0) is 11.3 Å². The van der Waals surface area contributed by atoms with Crippen molar-refractivity contribution in [3.8, 4) is 6.07 Å². The number of allylic oxidation sites excluding steroid dienone is 1. The molecule has 2 aromatic carbocycles. The number of nitriles is 1. The van der Waals surface area contributed by atoms with E-state index in [1.807, 2.05) is 37.4 Å². The van der Waals surface area contributed by atoms with Gasteiger partial charge in [-0.15, -0.1) is 0 Å². The number of hydrogen-bond donors (Lipinski definition) is 1. The Morgan fingerprint density at radius 2 is 2.00 bits per heavy atom. The molecule has 2 fully saturated rings. The molecule has 0 saturated carbocycles. The minimum Gasteiger partial charge on any atom is -0.493 e. The average molecular weight is 440 g/mol. The summed E-state index contributed by atoms with van der Waals surface area (Å²) in [4.78, 5) is 11.2. The largest absolute Gasteiger partial charge is 0.493 e. The van der Waals surface area contributed by atoms with Crippen LogP contribution in [0.1, 0.15) is 42.0 Å². The van der Waals surface area contributed by atoms with E-state index in [0.29, 0.717) is 11.7 Å². The first kappa shape index (κ1) is 22.5. The first-order valence-corrected chi connectivity index (χ1v) is 11.3. The van der Waals surface area contributed by atoms with E-state index in [4.69, 9.17) is 10.00 Å². The molecule has 2 aliphatic rings. The quantitative estimate of drug-likeness (QED) is 0.374. The Balaban J connectivity index is 1.27. The summed E-state index contributed by atoms with van der Waals surface area (Å²) in [6.07, 6.45) is 9.77. The van der Waals surface area contributed by atoms with Gasteiger partial charge >= 0.3 is 0 Å². The highest BCUT2D eigenvalue weighted by molar-refractivity contribution is 5.98. The van der Waals surface area contributed by atoms with Crippen LogP contribution in [0.5, 0.6) is 0 Å². The number of nitrogens with zero attached hydrogens (tertiary/aromatic N) is 4. The summed E-state index contributed by atoms with van der Waals surface area (Å²) in [5.41, 5.74) is 3.92. The highest BCUT2D eigenvalue weighted by Crippen LogP contribution is 2.17. The Morgan fingerprint density at radius 1 is 1.18 bits per heavy atom. The van der Waals surface area contributed by atoms with Gasteiger partial charge in [0.15, 0.2) is 0 Å². The Hall–Kier alpha value is -3.69. The molecule has 2 saturated heterocycles. The molecule has 2 aliphatic heterocycles. The van der Waals surface area contributed by atoms with Crippen LogP contribution < -0.4 is 5.32 Å². The van der Waals surface area contributed by atoms with Crippen LogP contribution in [0.2, 0.25) is 0 Å². The summed E-state index contributed by atoms with van der Waals surface area (Å²) in [6, 6.07) is 18.0. The van der Waals surface area contributed by atoms with E-state index in [1.165, 1.54) is 5.56 Å². The van der Waals surface area contributed by atoms with Crippen LogP contribution in [0.4, 0.5) is 0 Å². The van der Waals surface area contributed by atoms with Gasteiger partial charge in [0, 0.05) is 19.0 Å². The van der Waals surface area contributed by atoms with E-state index < -0.39 is 0 Å². The molecule has 0 atom stereocenters. The second kappa shape index (κ2) is 11.3. The molecule has 1 N–H and O–H groups in total. The number of nitrogens with one attached hydrogen (secondary N) is 1. The van der Waals surface area contributed by atoms with Crippen molar-refractivity contribution in [2.75, 3.05) is 19.6 Å². The zero-order valence-corrected chi connectivity index (χ0v) is 18.9. The van der Waals surface area contributed by atoms with Crippen molar-refractivity contribution in [2.24, 2.45) is 9.98 Å². The second-order valence-electron chi connectivity index (χ2n) is 8.28. The zero-order chi connectivity index (χ0) is 22.9. The van der Waals surface area contributed by atoms with Gasteiger partial charge in [0.25, 0.3) is 0 Å². The molecule has 0 radical (unpaired) electrons. The lowest BCUT2D eigenvalue weighted by Gasteiger charge is -2.23. The molecule has 0 amide bonds. The summed E-state index contributed by atoms with van der Waals surface area (Å²) >= 11 is 0. The zero-order valence-electron chi connectivity index (χ0n) is 18.9. The Labute approximate surface area is 195 Å². The van der Waals surface area contributed by atoms with Gasteiger partial charge in [-0.3, -0.25) is 4.99 Å². The maximum Gasteiger partial charge on any atom is 0.124 e. The van der Waals surface area contributed by atoms with Crippen LogP contribution in [0.15, 0.2) is 76.7 Å². The van der Waals surface area contributed by atoms with Crippen LogP contribution in [-0.4, -0.2) is 42.7 Å². The normalized spacial score (nSPS) is 18.2. The molecular weight excluding hydrogens is 410 g/mol. The first-order chi connectivity index (χ1) is 16.2. The van der Waals surface area contributed by atoms with Crippen LogP contribution in [0.25, 0.3) is 6.08 Å². The van der Waals surface area contributed by atoms with Gasteiger partial charge in [0.1, 0.15) is 17.7 Å². The molecule has 0 bridgehead atoms. The number of ether oxygens (including phenoxy) is 1. The Kier molecular flexibility index (Phi) is 7.68. The number of amidine groups is 1. The molecule has 0 spiro atoms.